The molecule has 7 nitrogen and oxygen atoms in total. The Morgan fingerprint density at radius 3 is 2.45 bits per heavy atom. The van der Waals surface area contributed by atoms with E-state index < -0.39 is 0 Å². The Labute approximate surface area is 257 Å². The number of rotatable bonds is 7. The summed E-state index contributed by atoms with van der Waals surface area (Å²) >= 11 is 10.6. The summed E-state index contributed by atoms with van der Waals surface area (Å²) in [6, 6.07) is 16.8. The number of benzene rings is 3. The van der Waals surface area contributed by atoms with E-state index in [-0.39, 0.29) is 24.0 Å². The van der Waals surface area contributed by atoms with E-state index in [1.807, 2.05) is 55.5 Å². The molecule has 0 radical (unpaired) electrons. The highest BCUT2D eigenvalue weighted by molar-refractivity contribution is 9.11. The molecule has 4 aromatic rings. The number of hydrogen-bond donors (Lipinski definition) is 1. The number of hydrogen-bond acceptors (Lipinski definition) is 5. The number of amides is 1. The molecule has 1 aliphatic carbocycles. The van der Waals surface area contributed by atoms with Crippen LogP contribution >= 0.6 is 47.8 Å². The number of nitrogens with one attached hydrogen (secondary N) is 1. The average molecular weight is 731 g/mol. The molecule has 10 heteroatoms. The van der Waals surface area contributed by atoms with Crippen LogP contribution in [0.15, 0.2) is 77.9 Å². The molecule has 0 unspecified atom stereocenters. The minimum Gasteiger partial charge on any atom is -0.481 e. The number of halogens is 3. The highest BCUT2D eigenvalue weighted by Crippen LogP contribution is 2.35. The van der Waals surface area contributed by atoms with Crippen LogP contribution < -0.4 is 15.6 Å². The van der Waals surface area contributed by atoms with Crippen LogP contribution in [-0.4, -0.2) is 28.4 Å². The van der Waals surface area contributed by atoms with Crippen molar-refractivity contribution in [2.24, 2.45) is 5.10 Å². The van der Waals surface area contributed by atoms with Gasteiger partial charge < -0.3 is 10.1 Å². The number of aromatic nitrogens is 2. The first-order valence-electron chi connectivity index (χ1n) is 13.0. The maximum absolute atomic E-state index is 13.6. The van der Waals surface area contributed by atoms with Crippen molar-refractivity contribution in [3.8, 4) is 5.75 Å². The standard InChI is InChI=1S/C30H27Br3N4O3/c1-18-7-10-22(11-8-18)35-27(38)17-40-28-24(32)13-19(14-25(28)33)16-34-37-29(20-5-3-2-4-6-20)36-26-12-9-21(31)15-23(26)30(37)39/h7-16,20H,2-6,17H2,1H3,(H,35,38). The third kappa shape index (κ3) is 6.72. The van der Waals surface area contributed by atoms with Gasteiger partial charge in [0.25, 0.3) is 11.5 Å². The van der Waals surface area contributed by atoms with Gasteiger partial charge in [0.2, 0.25) is 0 Å². The molecule has 1 fully saturated rings. The fraction of sp³-hybridized carbons (Fsp3) is 0.267. The van der Waals surface area contributed by atoms with E-state index in [9.17, 15) is 9.59 Å². The van der Waals surface area contributed by atoms with Crippen molar-refractivity contribution in [2.75, 3.05) is 11.9 Å². The van der Waals surface area contributed by atoms with Crippen molar-refractivity contribution < 1.29 is 9.53 Å². The van der Waals surface area contributed by atoms with Gasteiger partial charge in [-0.3, -0.25) is 9.59 Å². The number of ether oxygens (including phenoxy) is 1. The van der Waals surface area contributed by atoms with Crippen molar-refractivity contribution >= 4 is 76.5 Å². The molecule has 0 aliphatic heterocycles. The first kappa shape index (κ1) is 28.7. The van der Waals surface area contributed by atoms with Crippen LogP contribution in [0.3, 0.4) is 0 Å². The number of nitrogens with zero attached hydrogens (tertiary/aromatic N) is 3. The van der Waals surface area contributed by atoms with Crippen LogP contribution in [0.5, 0.6) is 5.75 Å². The SMILES string of the molecule is Cc1ccc(NC(=O)COc2c(Br)cc(C=Nn3c(C4CCCCC4)nc4ccc(Br)cc4c3=O)cc2Br)cc1. The molecule has 1 N–H and O–H groups in total. The van der Waals surface area contributed by atoms with Crippen molar-refractivity contribution in [2.45, 2.75) is 44.9 Å². The highest BCUT2D eigenvalue weighted by Gasteiger charge is 2.22. The summed E-state index contributed by atoms with van der Waals surface area (Å²) in [5, 5.41) is 7.96. The summed E-state index contributed by atoms with van der Waals surface area (Å²) in [6.07, 6.45) is 7.06. The molecular formula is C30H27Br3N4O3. The minimum atomic E-state index is -0.265. The zero-order valence-corrected chi connectivity index (χ0v) is 26.6. The molecule has 0 bridgehead atoms. The number of fused-ring (bicyclic) bond motifs is 1. The summed E-state index contributed by atoms with van der Waals surface area (Å²) in [5.74, 6) is 1.12. The number of carbonyl (C=O) groups excluding carboxylic acids is 1. The van der Waals surface area contributed by atoms with Crippen LogP contribution in [0.25, 0.3) is 10.9 Å². The Hall–Kier alpha value is -2.82. The van der Waals surface area contributed by atoms with Crippen LogP contribution in [0, 0.1) is 6.92 Å². The van der Waals surface area contributed by atoms with E-state index in [0.717, 1.165) is 41.3 Å². The van der Waals surface area contributed by atoms with Gasteiger partial charge in [0, 0.05) is 16.1 Å². The van der Waals surface area contributed by atoms with E-state index in [0.29, 0.717) is 37.1 Å². The third-order valence-corrected chi connectivity index (χ3v) is 8.50. The smallest absolute Gasteiger partial charge is 0.282 e. The lowest BCUT2D eigenvalue weighted by atomic mass is 9.88. The Morgan fingerprint density at radius 1 is 1.05 bits per heavy atom. The van der Waals surface area contributed by atoms with E-state index >= 15 is 0 Å². The summed E-state index contributed by atoms with van der Waals surface area (Å²) < 4.78 is 9.36. The predicted octanol–water partition coefficient (Wildman–Crippen LogP) is 7.94. The third-order valence-electron chi connectivity index (χ3n) is 6.83. The van der Waals surface area contributed by atoms with E-state index in [4.69, 9.17) is 9.72 Å². The van der Waals surface area contributed by atoms with E-state index in [2.05, 4.69) is 58.2 Å². The molecule has 206 valence electrons. The van der Waals surface area contributed by atoms with Crippen molar-refractivity contribution in [1.29, 1.82) is 0 Å². The normalized spacial score (nSPS) is 14.1. The van der Waals surface area contributed by atoms with Gasteiger partial charge in [-0.15, -0.1) is 0 Å². The molecule has 40 heavy (non-hydrogen) atoms. The predicted molar refractivity (Wildman–Crippen MR) is 170 cm³/mol. The maximum Gasteiger partial charge on any atom is 0.282 e. The molecule has 3 aromatic carbocycles. The molecule has 0 atom stereocenters. The molecule has 1 saturated carbocycles. The molecule has 5 rings (SSSR count). The van der Waals surface area contributed by atoms with Crippen LogP contribution in [0.2, 0.25) is 0 Å². The van der Waals surface area contributed by atoms with Gasteiger partial charge in [-0.25, -0.2) is 4.98 Å². The highest BCUT2D eigenvalue weighted by atomic mass is 79.9. The van der Waals surface area contributed by atoms with Crippen LogP contribution in [0.1, 0.15) is 55.0 Å². The van der Waals surface area contributed by atoms with Crippen molar-refractivity contribution in [3.63, 3.8) is 0 Å². The maximum atomic E-state index is 13.6. The van der Waals surface area contributed by atoms with Gasteiger partial charge in [0.15, 0.2) is 6.61 Å². The Morgan fingerprint density at radius 2 is 1.75 bits per heavy atom. The van der Waals surface area contributed by atoms with E-state index in [1.165, 1.54) is 11.1 Å². The first-order valence-corrected chi connectivity index (χ1v) is 15.4. The monoisotopic (exact) mass is 728 g/mol. The lowest BCUT2D eigenvalue weighted by Crippen LogP contribution is -2.25. The molecule has 1 aromatic heterocycles. The molecule has 0 spiro atoms. The lowest BCUT2D eigenvalue weighted by molar-refractivity contribution is -0.118. The van der Waals surface area contributed by atoms with Gasteiger partial charge in [0.1, 0.15) is 11.6 Å². The Balaban J connectivity index is 1.38. The molecule has 1 aliphatic rings. The Kier molecular flexibility index (Phi) is 9.17. The van der Waals surface area contributed by atoms with Crippen LogP contribution in [-0.2, 0) is 4.79 Å². The van der Waals surface area contributed by atoms with Crippen molar-refractivity contribution in [3.05, 3.63) is 95.3 Å². The number of aryl methyl sites for hydroxylation is 1. The average Bonchev–Trinajstić information content (AvgIpc) is 2.94. The van der Waals surface area contributed by atoms with Gasteiger partial charge in [-0.2, -0.15) is 9.78 Å². The quantitative estimate of drug-likeness (QED) is 0.196. The molecular weight excluding hydrogens is 704 g/mol. The topological polar surface area (TPSA) is 85.6 Å². The van der Waals surface area contributed by atoms with Crippen LogP contribution in [0.4, 0.5) is 5.69 Å². The first-order chi connectivity index (χ1) is 19.3. The molecule has 1 heterocycles. The summed E-state index contributed by atoms with van der Waals surface area (Å²) in [5.41, 5.74) is 3.05. The second-order valence-electron chi connectivity index (χ2n) is 9.84. The molecule has 1 amide bonds. The number of anilines is 1. The van der Waals surface area contributed by atoms with Gasteiger partial charge in [-0.1, -0.05) is 52.9 Å². The van der Waals surface area contributed by atoms with Gasteiger partial charge in [-0.05, 0) is 99.7 Å². The largest absolute Gasteiger partial charge is 0.481 e. The summed E-state index contributed by atoms with van der Waals surface area (Å²) in [6.45, 7) is 1.83. The van der Waals surface area contributed by atoms with E-state index in [1.54, 1.807) is 12.3 Å². The summed E-state index contributed by atoms with van der Waals surface area (Å²) in [7, 11) is 0. The fourth-order valence-electron chi connectivity index (χ4n) is 4.79. The zero-order chi connectivity index (χ0) is 28.2. The summed E-state index contributed by atoms with van der Waals surface area (Å²) in [4.78, 5) is 30.9. The fourth-order valence-corrected chi connectivity index (χ4v) is 6.60. The second kappa shape index (κ2) is 12.8. The Bertz CT molecular complexity index is 1620. The van der Waals surface area contributed by atoms with Crippen molar-refractivity contribution in [1.82, 2.24) is 9.66 Å². The van der Waals surface area contributed by atoms with Gasteiger partial charge in [0.05, 0.1) is 26.1 Å². The molecule has 0 saturated heterocycles. The zero-order valence-electron chi connectivity index (χ0n) is 21.8. The lowest BCUT2D eigenvalue weighted by Gasteiger charge is -2.22. The minimum absolute atomic E-state index is 0.156. The van der Waals surface area contributed by atoms with Gasteiger partial charge >= 0.3 is 0 Å². The number of carbonyl (C=O) groups is 1. The second-order valence-corrected chi connectivity index (χ2v) is 12.5.